The number of carbonyl (C=O) groups excluding carboxylic acids is 1. The number of hydrogen-bond donors (Lipinski definition) is 2. The van der Waals surface area contributed by atoms with Gasteiger partial charge in [0.05, 0.1) is 35.8 Å². The molecular formula is C16H17N8O2S+. The van der Waals surface area contributed by atoms with E-state index in [1.54, 1.807) is 19.1 Å². The van der Waals surface area contributed by atoms with Gasteiger partial charge >= 0.3 is 5.88 Å². The van der Waals surface area contributed by atoms with Crippen molar-refractivity contribution < 1.29 is 14.1 Å². The molecule has 1 saturated carbocycles. The zero-order chi connectivity index (χ0) is 19.6. The molecule has 0 unspecified atom stereocenters. The van der Waals surface area contributed by atoms with Crippen LogP contribution in [0.15, 0.2) is 15.7 Å². The molecule has 0 spiro atoms. The second-order valence-corrected chi connectivity index (χ2v) is 7.10. The summed E-state index contributed by atoms with van der Waals surface area (Å²) in [6.45, 7) is 0. The summed E-state index contributed by atoms with van der Waals surface area (Å²) in [6, 6.07) is 4.16. The fourth-order valence-corrected chi connectivity index (χ4v) is 3.30. The highest BCUT2D eigenvalue weighted by Crippen LogP contribution is 2.45. The number of nitrogens with two attached hydrogens (primary N) is 1. The second-order valence-electron chi connectivity index (χ2n) is 6.13. The van der Waals surface area contributed by atoms with Crippen LogP contribution in [0.2, 0.25) is 0 Å². The number of rotatable bonds is 6. The summed E-state index contributed by atoms with van der Waals surface area (Å²) < 4.78 is 5.01. The summed E-state index contributed by atoms with van der Waals surface area (Å²) in [6.07, 6.45) is 3.34. The maximum absolute atomic E-state index is 12.2. The van der Waals surface area contributed by atoms with Crippen molar-refractivity contribution in [1.29, 1.82) is 10.5 Å². The molecule has 2 aromatic heterocycles. The van der Waals surface area contributed by atoms with Gasteiger partial charge in [-0.15, -0.1) is 0 Å². The summed E-state index contributed by atoms with van der Waals surface area (Å²) in [5, 5.41) is 27.2. The molecule has 0 bridgehead atoms. The number of nitrogens with one attached hydrogen (secondary N) is 1. The van der Waals surface area contributed by atoms with Crippen LogP contribution >= 0.6 is 11.8 Å². The van der Waals surface area contributed by atoms with Crippen LogP contribution in [-0.4, -0.2) is 36.0 Å². The van der Waals surface area contributed by atoms with Crippen LogP contribution in [0.1, 0.15) is 35.4 Å². The van der Waals surface area contributed by atoms with Crippen LogP contribution in [0.5, 0.6) is 0 Å². The van der Waals surface area contributed by atoms with Crippen LogP contribution < -0.4 is 20.9 Å². The molecule has 0 aromatic carbocycles. The van der Waals surface area contributed by atoms with E-state index >= 15 is 0 Å². The lowest BCUT2D eigenvalue weighted by molar-refractivity contribution is -0.753. The van der Waals surface area contributed by atoms with E-state index in [2.05, 4.69) is 21.6 Å². The molecule has 1 fully saturated rings. The van der Waals surface area contributed by atoms with Gasteiger partial charge in [0.25, 0.3) is 6.20 Å². The number of amides is 1. The lowest BCUT2D eigenvalue weighted by Crippen LogP contribution is -2.53. The van der Waals surface area contributed by atoms with Crippen LogP contribution in [0, 0.1) is 22.7 Å². The molecule has 138 valence electrons. The van der Waals surface area contributed by atoms with Crippen molar-refractivity contribution in [3.8, 4) is 12.1 Å². The van der Waals surface area contributed by atoms with Gasteiger partial charge in [0, 0.05) is 0 Å². The highest BCUT2D eigenvalue weighted by atomic mass is 32.2. The number of thioether (sulfide) groups is 1. The monoisotopic (exact) mass is 385 g/mol. The van der Waals surface area contributed by atoms with E-state index < -0.39 is 0 Å². The molecule has 1 amide bonds. The molecule has 11 heteroatoms. The summed E-state index contributed by atoms with van der Waals surface area (Å²) in [4.78, 5) is 17.7. The predicted molar refractivity (Wildman–Crippen MR) is 96.2 cm³/mol. The summed E-state index contributed by atoms with van der Waals surface area (Å²) in [5.41, 5.74) is 7.13. The number of aromatic nitrogens is 3. The first kappa shape index (κ1) is 18.5. The zero-order valence-corrected chi connectivity index (χ0v) is 15.6. The third kappa shape index (κ3) is 3.93. The Balaban J connectivity index is 1.75. The molecular weight excluding hydrogens is 368 g/mol. The minimum absolute atomic E-state index is 0.000207. The third-order valence-electron chi connectivity index (χ3n) is 3.91. The number of pyridine rings is 1. The average molecular weight is 385 g/mol. The Morgan fingerprint density at radius 3 is 2.70 bits per heavy atom. The van der Waals surface area contributed by atoms with Crippen LogP contribution in [0.3, 0.4) is 0 Å². The number of hydrogen-bond acceptors (Lipinski definition) is 9. The summed E-state index contributed by atoms with van der Waals surface area (Å²) in [7, 11) is 3.54. The van der Waals surface area contributed by atoms with Crippen molar-refractivity contribution in [2.75, 3.05) is 35.9 Å². The van der Waals surface area contributed by atoms with E-state index in [0.29, 0.717) is 16.2 Å². The van der Waals surface area contributed by atoms with Gasteiger partial charge < -0.3 is 5.73 Å². The smallest absolute Gasteiger partial charge is 0.305 e. The van der Waals surface area contributed by atoms with E-state index in [1.165, 1.54) is 11.0 Å². The lowest BCUT2D eigenvalue weighted by Gasteiger charge is -2.11. The summed E-state index contributed by atoms with van der Waals surface area (Å²) >= 11 is 1.09. The third-order valence-corrected chi connectivity index (χ3v) is 4.88. The molecule has 27 heavy (non-hydrogen) atoms. The standard InChI is InChI=1S/C16H16N8O2S/c1-23(2)24-7-13(26-22-24)20-12(25)8-27-16-11(6-18)14(9-3-4-9)10(5-17)15(19)21-16/h7,9H,3-4,8H2,1-2H3,(H2-,19,20,21,22,25)/p+1. The highest BCUT2D eigenvalue weighted by Gasteiger charge is 2.32. The van der Waals surface area contributed by atoms with Crippen LogP contribution in [-0.2, 0) is 4.79 Å². The molecule has 3 N–H and O–H groups in total. The first-order valence-corrected chi connectivity index (χ1v) is 9.05. The van der Waals surface area contributed by atoms with E-state index in [1.807, 2.05) is 6.07 Å². The number of carbonyl (C=O) groups is 1. The fourth-order valence-electron chi connectivity index (χ4n) is 2.50. The van der Waals surface area contributed by atoms with Crippen LogP contribution in [0.4, 0.5) is 11.7 Å². The normalized spacial score (nSPS) is 12.9. The first-order chi connectivity index (χ1) is 12.9. The Kier molecular flexibility index (Phi) is 5.14. The van der Waals surface area contributed by atoms with Gasteiger partial charge in [-0.05, 0) is 24.3 Å². The molecule has 10 nitrogen and oxygen atoms in total. The Morgan fingerprint density at radius 2 is 2.15 bits per heavy atom. The topological polar surface area (TPSA) is 149 Å². The number of nitriles is 2. The van der Waals surface area contributed by atoms with Crippen molar-refractivity contribution in [2.45, 2.75) is 23.8 Å². The lowest BCUT2D eigenvalue weighted by atomic mass is 10.0. The Hall–Kier alpha value is -3.31. The van der Waals surface area contributed by atoms with Gasteiger partial charge in [0.2, 0.25) is 11.2 Å². The predicted octanol–water partition coefficient (Wildman–Crippen LogP) is 0.488. The van der Waals surface area contributed by atoms with Crippen molar-refractivity contribution in [1.82, 2.24) is 10.3 Å². The number of anilines is 2. The quantitative estimate of drug-likeness (QED) is 0.535. The van der Waals surface area contributed by atoms with Gasteiger partial charge in [0.1, 0.15) is 23.0 Å². The minimum atomic E-state index is -0.344. The number of nitrogen functional groups attached to an aromatic ring is 1. The molecule has 1 aliphatic carbocycles. The number of nitrogens with zero attached hydrogens (tertiary/aromatic N) is 6. The second kappa shape index (κ2) is 7.51. The molecule has 0 atom stereocenters. The Bertz CT molecular complexity index is 968. The van der Waals surface area contributed by atoms with E-state index in [-0.39, 0.29) is 34.8 Å². The van der Waals surface area contributed by atoms with E-state index in [9.17, 15) is 15.3 Å². The Morgan fingerprint density at radius 1 is 1.44 bits per heavy atom. The molecule has 2 heterocycles. The fraction of sp³-hybridized carbons (Fsp3) is 0.375. The molecule has 1 aliphatic rings. The summed E-state index contributed by atoms with van der Waals surface area (Å²) in [5.74, 6) is 0.0937. The Labute approximate surface area is 159 Å². The molecule has 0 saturated heterocycles. The molecule has 0 radical (unpaired) electrons. The van der Waals surface area contributed by atoms with Crippen molar-refractivity contribution in [3.63, 3.8) is 0 Å². The minimum Gasteiger partial charge on any atom is -0.383 e. The zero-order valence-electron chi connectivity index (χ0n) is 14.8. The van der Waals surface area contributed by atoms with Crippen LogP contribution in [0.25, 0.3) is 0 Å². The highest BCUT2D eigenvalue weighted by molar-refractivity contribution is 8.00. The van der Waals surface area contributed by atoms with E-state index in [0.717, 1.165) is 24.6 Å². The maximum atomic E-state index is 12.2. The van der Waals surface area contributed by atoms with Gasteiger partial charge in [0.15, 0.2) is 0 Å². The van der Waals surface area contributed by atoms with Gasteiger partial charge in [-0.3, -0.25) is 14.6 Å². The molecule has 0 aliphatic heterocycles. The molecule has 2 aromatic rings. The maximum Gasteiger partial charge on any atom is 0.305 e. The largest absolute Gasteiger partial charge is 0.383 e. The van der Waals surface area contributed by atoms with Crippen molar-refractivity contribution >= 4 is 29.4 Å². The van der Waals surface area contributed by atoms with Gasteiger partial charge in [-0.1, -0.05) is 11.8 Å². The van der Waals surface area contributed by atoms with Gasteiger partial charge in [-0.2, -0.15) is 15.5 Å². The first-order valence-electron chi connectivity index (χ1n) is 8.07. The van der Waals surface area contributed by atoms with Crippen molar-refractivity contribution in [2.24, 2.45) is 0 Å². The SMILES string of the molecule is CN(C)[n+]1cc(NC(=O)CSc2nc(N)c(C#N)c(C3CC3)c2C#N)on1. The van der Waals surface area contributed by atoms with Crippen molar-refractivity contribution in [3.05, 3.63) is 22.9 Å². The average Bonchev–Trinajstić information content (AvgIpc) is 3.37. The molecule has 3 rings (SSSR count). The van der Waals surface area contributed by atoms with E-state index in [4.69, 9.17) is 10.3 Å². The van der Waals surface area contributed by atoms with Gasteiger partial charge in [-0.25, -0.2) is 4.98 Å².